The molecular formula is C113H96N14O13S. The van der Waals surface area contributed by atoms with Crippen LogP contribution in [0.3, 0.4) is 0 Å². The number of nitrogens with zero attached hydrogens (tertiary/aromatic N) is 10. The predicted octanol–water partition coefficient (Wildman–Crippen LogP) is 23.4. The molecule has 10 aromatic carbocycles. The number of thiazole rings is 1. The van der Waals surface area contributed by atoms with Crippen LogP contribution in [0.4, 0.5) is 17.2 Å². The summed E-state index contributed by atoms with van der Waals surface area (Å²) in [7, 11) is 1.64. The first-order valence-electron chi connectivity index (χ1n) is 45.4. The second kappa shape index (κ2) is 46.8. The van der Waals surface area contributed by atoms with E-state index in [0.29, 0.717) is 77.5 Å². The summed E-state index contributed by atoms with van der Waals surface area (Å²) in [4.78, 5) is 80.1. The molecule has 10 aromatic heterocycles. The van der Waals surface area contributed by atoms with Crippen LogP contribution in [-0.4, -0.2) is 118 Å². The number of furan rings is 5. The van der Waals surface area contributed by atoms with Crippen molar-refractivity contribution in [3.05, 3.63) is 445 Å². The van der Waals surface area contributed by atoms with E-state index < -0.39 is 0 Å². The van der Waals surface area contributed by atoms with Crippen LogP contribution >= 0.6 is 11.3 Å². The van der Waals surface area contributed by atoms with Crippen LogP contribution in [0.5, 0.6) is 17.2 Å². The molecule has 20 aromatic rings. The van der Waals surface area contributed by atoms with Crippen LogP contribution < -0.4 is 30.7 Å². The third kappa shape index (κ3) is 26.1. The first-order valence-corrected chi connectivity index (χ1v) is 46.2. The standard InChI is InChI=1S/C31H25N5O3.C25H26N2O2.C20H18N4O3S.C20H14N2O3.C17H13NO2/c1-22-19-29(33-30(37)17-16-24-13-8-18-38-24)36(34-22)31-32-27-14-5-6-15-28(27)35(31)21-23-9-7-12-26(20-23)39-25-10-3-2-4-11-25;1-20-12-13-23(29-20)14-15-24(28)26-16-18-27(19-17-26)25(21-8-4-2-5-9-21)22-10-6-3-7-11-22;1-26-16-6-4-14(5-7-16)19-22-20-24(23-19)15(13-28-20)10-11-21-18(25)9-8-17-3-2-12-27-17;23-19(11-10-16-7-4-12-24-16)21-15-6-3-5-14(13-15)20-22-17-8-1-2-9-18(17)25-20;19-17(10-9-16-6-3-11-20-16)18-15-8-7-13-4-1-2-5-14(13)12-15/h2-20H,21H2,1H3,(H,33,37);2-15,25H,16-19H2,1H3;2-9,12-13H,10-11H2,1H3,(H,21,25);1-13H,(H,21,23);1-12H,(H,18,19)/b17-16+;15-14+;9-8+;11-10+;10-9+. The van der Waals surface area contributed by atoms with Gasteiger partial charge in [0.2, 0.25) is 46.3 Å². The van der Waals surface area contributed by atoms with E-state index in [9.17, 15) is 24.0 Å². The summed E-state index contributed by atoms with van der Waals surface area (Å²) < 4.78 is 48.8. The summed E-state index contributed by atoms with van der Waals surface area (Å²) in [5.41, 5.74) is 11.8. The van der Waals surface area contributed by atoms with Crippen molar-refractivity contribution in [2.45, 2.75) is 32.9 Å². The summed E-state index contributed by atoms with van der Waals surface area (Å²) >= 11 is 1.53. The summed E-state index contributed by atoms with van der Waals surface area (Å²) in [5.74, 6) is 7.80. The third-order valence-corrected chi connectivity index (χ3v) is 23.0. The molecule has 1 aliphatic heterocycles. The van der Waals surface area contributed by atoms with Crippen molar-refractivity contribution in [1.29, 1.82) is 0 Å². The van der Waals surface area contributed by atoms with Gasteiger partial charge < -0.3 is 66.7 Å². The summed E-state index contributed by atoms with van der Waals surface area (Å²) in [5, 5.41) is 25.0. The topological polar surface area (TPSA) is 316 Å². The number of ether oxygens (including phenoxy) is 2. The smallest absolute Gasteiger partial charge is 0.249 e. The number of hydrogen-bond acceptors (Lipinski definition) is 20. The number of aryl methyl sites for hydroxylation is 2. The summed E-state index contributed by atoms with van der Waals surface area (Å²) in [6.45, 7) is 7.92. The van der Waals surface area contributed by atoms with Crippen molar-refractivity contribution in [2.75, 3.05) is 55.8 Å². The Kier molecular flexibility index (Phi) is 31.4. The van der Waals surface area contributed by atoms with Crippen molar-refractivity contribution in [2.24, 2.45) is 0 Å². The number of hydrogen-bond donors (Lipinski definition) is 4. The molecule has 1 saturated heterocycles. The normalized spacial score (nSPS) is 12.1. The molecule has 28 heteroatoms. The zero-order valence-electron chi connectivity index (χ0n) is 77.0. The van der Waals surface area contributed by atoms with Crippen LogP contribution in [0, 0.1) is 13.8 Å². The minimum atomic E-state index is -0.305. The molecule has 21 rings (SSSR count). The van der Waals surface area contributed by atoms with Gasteiger partial charge in [-0.25, -0.2) is 14.5 Å². The molecule has 1 aliphatic rings. The quantitative estimate of drug-likeness (QED) is 0.0348. The average Bonchev–Trinajstić information content (AvgIpc) is 0.979. The summed E-state index contributed by atoms with van der Waals surface area (Å²) in [6, 6.07) is 103. The SMILES string of the molecule is COc1ccc(-c2nc3scc(CCNC(=O)/C=C/c4ccco4)n3n2)cc1.Cc1cc(NC(=O)/C=C/c2ccco2)n(-c2nc3ccccc3n2Cc2cccc(Oc3ccccc3)c2)n1.Cc1ccc(/C=C/C(=O)N2CCN(C(c3ccccc3)c3ccccc3)CC2)o1.O=C(/C=C/c1ccco1)Nc1ccc2ccccc2c1.O=C(/C=C/c1ccco1)Nc1cccc(-c2nc3ccccc3o2)c1. The fourth-order valence-corrected chi connectivity index (χ4v) is 16.2. The molecule has 5 amide bonds. The van der Waals surface area contributed by atoms with Crippen molar-refractivity contribution < 1.29 is 59.9 Å². The number of amides is 5. The van der Waals surface area contributed by atoms with Gasteiger partial charge in [-0.15, -0.1) is 16.4 Å². The monoisotopic (exact) mass is 1890 g/mol. The zero-order chi connectivity index (χ0) is 96.9. The Bertz CT molecular complexity index is 7620. The second-order valence-corrected chi connectivity index (χ2v) is 33.0. The van der Waals surface area contributed by atoms with E-state index in [1.165, 1.54) is 46.8 Å². The maximum Gasteiger partial charge on any atom is 0.249 e. The fraction of sp³-hybridized carbons (Fsp3) is 0.0973. The van der Waals surface area contributed by atoms with Gasteiger partial charge in [0.05, 0.1) is 67.2 Å². The molecule has 702 valence electrons. The molecule has 27 nitrogen and oxygen atoms in total. The Hall–Kier alpha value is -18.3. The van der Waals surface area contributed by atoms with E-state index in [1.807, 2.05) is 241 Å². The van der Waals surface area contributed by atoms with Crippen LogP contribution in [0.25, 0.3) is 97.0 Å². The molecule has 1 fully saturated rings. The van der Waals surface area contributed by atoms with Gasteiger partial charge in [0, 0.05) is 103 Å². The number of carbonyl (C=O) groups excluding carboxylic acids is 5. The van der Waals surface area contributed by atoms with Gasteiger partial charge in [0.1, 0.15) is 63.1 Å². The number of aromatic nitrogens is 8. The second-order valence-electron chi connectivity index (χ2n) is 32.1. The van der Waals surface area contributed by atoms with Crippen LogP contribution in [0.2, 0.25) is 0 Å². The van der Waals surface area contributed by atoms with Gasteiger partial charge >= 0.3 is 0 Å². The number of piperazine rings is 1. The minimum absolute atomic E-state index is 0.0367. The maximum absolute atomic E-state index is 12.7. The number of nitrogens with one attached hydrogen (secondary N) is 4. The number of rotatable bonds is 27. The van der Waals surface area contributed by atoms with Gasteiger partial charge in [-0.1, -0.05) is 152 Å². The Morgan fingerprint density at radius 2 is 1.03 bits per heavy atom. The lowest BCUT2D eigenvalue weighted by atomic mass is 9.96. The van der Waals surface area contributed by atoms with E-state index in [-0.39, 0.29) is 35.6 Å². The molecule has 0 bridgehead atoms. The fourth-order valence-electron chi connectivity index (χ4n) is 15.4. The van der Waals surface area contributed by atoms with Gasteiger partial charge in [-0.3, -0.25) is 28.9 Å². The molecule has 4 N–H and O–H groups in total. The Balaban J connectivity index is 0.000000123. The number of fused-ring (bicyclic) bond motifs is 4. The highest BCUT2D eigenvalue weighted by Crippen LogP contribution is 2.34. The number of para-hydroxylation sites is 5. The van der Waals surface area contributed by atoms with Gasteiger partial charge in [0.15, 0.2) is 11.4 Å². The van der Waals surface area contributed by atoms with E-state index in [4.69, 9.17) is 41.0 Å². The lowest BCUT2D eigenvalue weighted by Crippen LogP contribution is -2.49. The molecule has 141 heavy (non-hydrogen) atoms. The Morgan fingerprint density at radius 1 is 0.454 bits per heavy atom. The zero-order valence-corrected chi connectivity index (χ0v) is 77.8. The number of anilines is 3. The molecule has 0 atom stereocenters. The highest BCUT2D eigenvalue weighted by Gasteiger charge is 2.28. The highest BCUT2D eigenvalue weighted by molar-refractivity contribution is 7.15. The largest absolute Gasteiger partial charge is 0.497 e. The molecule has 0 spiro atoms. The van der Waals surface area contributed by atoms with E-state index in [1.54, 1.807) is 122 Å². The summed E-state index contributed by atoms with van der Waals surface area (Å²) in [6.07, 6.45) is 22.5. The molecule has 0 saturated carbocycles. The van der Waals surface area contributed by atoms with Crippen molar-refractivity contribution in [1.82, 2.24) is 54.0 Å². The molecular weight excluding hydrogens is 1790 g/mol. The van der Waals surface area contributed by atoms with Crippen molar-refractivity contribution >= 4 is 126 Å². The van der Waals surface area contributed by atoms with Crippen LogP contribution in [0.1, 0.15) is 68.7 Å². The number of benzene rings is 10. The van der Waals surface area contributed by atoms with Gasteiger partial charge in [-0.2, -0.15) is 14.8 Å². The molecule has 0 radical (unpaired) electrons. The van der Waals surface area contributed by atoms with Crippen LogP contribution in [0.15, 0.2) is 409 Å². The molecule has 0 aliphatic carbocycles. The lowest BCUT2D eigenvalue weighted by molar-refractivity contribution is -0.128. The average molecular weight is 1890 g/mol. The molecule has 0 unspecified atom stereocenters. The third-order valence-electron chi connectivity index (χ3n) is 22.1. The predicted molar refractivity (Wildman–Crippen MR) is 549 cm³/mol. The maximum atomic E-state index is 12.7. The first-order chi connectivity index (χ1) is 69.1. The van der Waals surface area contributed by atoms with Crippen molar-refractivity contribution in [3.8, 4) is 46.0 Å². The van der Waals surface area contributed by atoms with Gasteiger partial charge in [0.25, 0.3) is 0 Å². The molecule has 11 heterocycles. The number of carbonyl (C=O) groups is 5. The van der Waals surface area contributed by atoms with Crippen LogP contribution in [-0.2, 0) is 36.9 Å². The number of methoxy groups -OCH3 is 1. The Morgan fingerprint density at radius 3 is 1.65 bits per heavy atom. The number of oxazole rings is 1. The Labute approximate surface area is 815 Å². The van der Waals surface area contributed by atoms with E-state index in [2.05, 4.69) is 112 Å². The van der Waals surface area contributed by atoms with Crippen molar-refractivity contribution in [3.63, 3.8) is 0 Å². The highest BCUT2D eigenvalue weighted by atomic mass is 32.1. The number of imidazole rings is 1. The first kappa shape index (κ1) is 94.5. The lowest BCUT2D eigenvalue weighted by Gasteiger charge is -2.39. The van der Waals surface area contributed by atoms with Gasteiger partial charge in [-0.05, 0) is 235 Å². The van der Waals surface area contributed by atoms with E-state index in [0.717, 1.165) is 121 Å². The van der Waals surface area contributed by atoms with E-state index >= 15 is 0 Å². The minimum Gasteiger partial charge on any atom is -0.497 e.